The monoisotopic (exact) mass is 174 g/mol. The molecule has 0 aliphatic heterocycles. The molecule has 1 rings (SSSR count). The molecule has 1 N–H and O–H groups in total. The Morgan fingerprint density at radius 1 is 1.46 bits per heavy atom. The fourth-order valence-electron chi connectivity index (χ4n) is 1.02. The summed E-state index contributed by atoms with van der Waals surface area (Å²) in [6, 6.07) is 0. The highest BCUT2D eigenvalue weighted by Crippen LogP contribution is 2.17. The lowest BCUT2D eigenvalue weighted by atomic mass is 10.0. The second-order valence-electron chi connectivity index (χ2n) is 2.38. The van der Waals surface area contributed by atoms with Crippen LogP contribution < -0.4 is 0 Å². The average Bonchev–Trinajstić information content (AvgIpc) is 2.66. The van der Waals surface area contributed by atoms with Crippen LogP contribution in [0.15, 0.2) is 43.3 Å². The molecule has 0 saturated heterocycles. The lowest BCUT2D eigenvalue weighted by molar-refractivity contribution is -0.104. The van der Waals surface area contributed by atoms with Crippen molar-refractivity contribution in [2.45, 2.75) is 0 Å². The van der Waals surface area contributed by atoms with Crippen molar-refractivity contribution in [2.75, 3.05) is 0 Å². The topological polar surface area (TPSA) is 45.8 Å². The van der Waals surface area contributed by atoms with Crippen molar-refractivity contribution in [1.29, 1.82) is 0 Å². The zero-order chi connectivity index (χ0) is 9.68. The zero-order valence-electron chi connectivity index (χ0n) is 7.16. The summed E-state index contributed by atoms with van der Waals surface area (Å²) >= 11 is 0. The molecule has 0 aliphatic carbocycles. The van der Waals surface area contributed by atoms with Gasteiger partial charge in [-0.15, -0.1) is 0 Å². The third-order valence-electron chi connectivity index (χ3n) is 1.67. The second-order valence-corrected chi connectivity index (χ2v) is 2.38. The minimum absolute atomic E-state index is 0.511. The van der Waals surface area contributed by atoms with E-state index in [9.17, 15) is 4.79 Å². The maximum absolute atomic E-state index is 10.6. The molecule has 13 heavy (non-hydrogen) atoms. The summed E-state index contributed by atoms with van der Waals surface area (Å²) in [5.74, 6) is 0. The fraction of sp³-hybridized carbons (Fsp3) is 0. The number of aromatic amines is 1. The number of hydrogen-bond donors (Lipinski definition) is 1. The lowest BCUT2D eigenvalue weighted by Crippen LogP contribution is -1.86. The molecule has 0 fully saturated rings. The van der Waals surface area contributed by atoms with Crippen molar-refractivity contribution < 1.29 is 4.79 Å². The van der Waals surface area contributed by atoms with Gasteiger partial charge in [0.15, 0.2) is 6.29 Å². The minimum Gasteiger partial charge on any atom is -0.298 e. The molecule has 0 radical (unpaired) electrons. The van der Waals surface area contributed by atoms with Gasteiger partial charge in [-0.2, -0.15) is 5.10 Å². The number of nitrogens with one attached hydrogen (secondary N) is 1. The van der Waals surface area contributed by atoms with E-state index < -0.39 is 0 Å². The predicted molar refractivity (Wildman–Crippen MR) is 52.0 cm³/mol. The molecule has 0 saturated carbocycles. The first-order chi connectivity index (χ1) is 6.33. The molecule has 3 nitrogen and oxygen atoms in total. The number of H-pyrrole nitrogens is 1. The predicted octanol–water partition coefficient (Wildman–Crippen LogP) is 1.73. The highest BCUT2D eigenvalue weighted by molar-refractivity contribution is 5.94. The van der Waals surface area contributed by atoms with Gasteiger partial charge in [0, 0.05) is 17.3 Å². The maximum Gasteiger partial charge on any atom is 0.150 e. The van der Waals surface area contributed by atoms with Gasteiger partial charge >= 0.3 is 0 Å². The molecular weight excluding hydrogens is 164 g/mol. The maximum atomic E-state index is 10.6. The molecule has 0 aliphatic rings. The first-order valence-corrected chi connectivity index (χ1v) is 3.77. The third kappa shape index (κ3) is 1.82. The number of carbonyl (C=O) groups is 1. The Morgan fingerprint density at radius 3 is 2.62 bits per heavy atom. The number of allylic oxidation sites excluding steroid dienone is 4. The summed E-state index contributed by atoms with van der Waals surface area (Å²) in [5.41, 5.74) is 2.08. The van der Waals surface area contributed by atoms with Crippen LogP contribution in [0.25, 0.3) is 5.57 Å². The summed E-state index contributed by atoms with van der Waals surface area (Å²) in [6.07, 6.45) is 7.18. The second kappa shape index (κ2) is 4.21. The van der Waals surface area contributed by atoms with E-state index in [0.717, 1.165) is 17.4 Å². The molecule has 1 aromatic rings. The van der Waals surface area contributed by atoms with Crippen molar-refractivity contribution in [3.05, 3.63) is 48.8 Å². The van der Waals surface area contributed by atoms with Gasteiger partial charge in [-0.1, -0.05) is 25.3 Å². The Hall–Kier alpha value is -1.90. The van der Waals surface area contributed by atoms with Gasteiger partial charge in [-0.05, 0) is 5.57 Å². The van der Waals surface area contributed by atoms with E-state index in [-0.39, 0.29) is 0 Å². The number of rotatable bonds is 4. The van der Waals surface area contributed by atoms with Crippen LogP contribution in [0, 0.1) is 0 Å². The largest absolute Gasteiger partial charge is 0.298 e. The first kappa shape index (κ1) is 9.19. The molecule has 1 heterocycles. The normalized spacial score (nSPS) is 11.7. The van der Waals surface area contributed by atoms with Gasteiger partial charge in [0.2, 0.25) is 0 Å². The highest BCUT2D eigenvalue weighted by atomic mass is 16.1. The van der Waals surface area contributed by atoms with Crippen LogP contribution in [-0.2, 0) is 4.79 Å². The molecule has 0 bridgehead atoms. The van der Waals surface area contributed by atoms with Crippen LogP contribution >= 0.6 is 0 Å². The van der Waals surface area contributed by atoms with Crippen molar-refractivity contribution in [3.63, 3.8) is 0 Å². The summed E-state index contributed by atoms with van der Waals surface area (Å²) < 4.78 is 0. The van der Waals surface area contributed by atoms with Gasteiger partial charge in [-0.3, -0.25) is 9.89 Å². The third-order valence-corrected chi connectivity index (χ3v) is 1.67. The van der Waals surface area contributed by atoms with E-state index in [2.05, 4.69) is 23.4 Å². The van der Waals surface area contributed by atoms with Crippen LogP contribution in [0.4, 0.5) is 0 Å². The van der Waals surface area contributed by atoms with E-state index in [1.807, 2.05) is 0 Å². The molecule has 66 valence electrons. The quantitative estimate of drug-likeness (QED) is 0.429. The Balaban J connectivity index is 3.24. The SMILES string of the molecule is C=C/C(C=O)=C(\C=C)c1cn[nH]c1. The number of hydrogen-bond acceptors (Lipinski definition) is 2. The molecule has 0 atom stereocenters. The van der Waals surface area contributed by atoms with Gasteiger partial charge < -0.3 is 0 Å². The number of nitrogens with zero attached hydrogens (tertiary/aromatic N) is 1. The van der Waals surface area contributed by atoms with E-state index in [1.165, 1.54) is 6.08 Å². The Morgan fingerprint density at radius 2 is 2.23 bits per heavy atom. The molecule has 0 amide bonds. The summed E-state index contributed by atoms with van der Waals surface area (Å²) in [4.78, 5) is 10.6. The van der Waals surface area contributed by atoms with Crippen molar-refractivity contribution in [2.24, 2.45) is 0 Å². The minimum atomic E-state index is 0.511. The van der Waals surface area contributed by atoms with Crippen LogP contribution in [0.2, 0.25) is 0 Å². The standard InChI is InChI=1S/C10H10N2O/c1-3-8(7-13)10(4-2)9-5-11-12-6-9/h3-7H,1-2H2,(H,11,12)/b10-8-. The fourth-order valence-corrected chi connectivity index (χ4v) is 1.02. The number of carbonyl (C=O) groups excluding carboxylic acids is 1. The van der Waals surface area contributed by atoms with E-state index in [1.54, 1.807) is 18.5 Å². The van der Waals surface area contributed by atoms with E-state index in [0.29, 0.717) is 5.57 Å². The van der Waals surface area contributed by atoms with Crippen LogP contribution in [0.3, 0.4) is 0 Å². The summed E-state index contributed by atoms with van der Waals surface area (Å²) in [6.45, 7) is 7.17. The molecular formula is C10H10N2O. The Labute approximate surface area is 76.5 Å². The molecule has 1 aromatic heterocycles. The molecule has 0 unspecified atom stereocenters. The number of aldehydes is 1. The van der Waals surface area contributed by atoms with Gasteiger partial charge in [0.25, 0.3) is 0 Å². The Kier molecular flexibility index (Phi) is 2.97. The highest BCUT2D eigenvalue weighted by Gasteiger charge is 2.03. The van der Waals surface area contributed by atoms with Gasteiger partial charge in [-0.25, -0.2) is 0 Å². The van der Waals surface area contributed by atoms with E-state index >= 15 is 0 Å². The smallest absolute Gasteiger partial charge is 0.150 e. The van der Waals surface area contributed by atoms with Gasteiger partial charge in [0.1, 0.15) is 0 Å². The average molecular weight is 174 g/mol. The zero-order valence-corrected chi connectivity index (χ0v) is 7.16. The number of aromatic nitrogens is 2. The molecule has 3 heteroatoms. The summed E-state index contributed by atoms with van der Waals surface area (Å²) in [5, 5.41) is 6.45. The molecule has 0 aromatic carbocycles. The van der Waals surface area contributed by atoms with E-state index in [4.69, 9.17) is 0 Å². The van der Waals surface area contributed by atoms with Crippen LogP contribution in [-0.4, -0.2) is 16.5 Å². The molecule has 0 spiro atoms. The summed E-state index contributed by atoms with van der Waals surface area (Å²) in [7, 11) is 0. The van der Waals surface area contributed by atoms with Crippen molar-refractivity contribution >= 4 is 11.9 Å². The van der Waals surface area contributed by atoms with Crippen LogP contribution in [0.1, 0.15) is 5.56 Å². The van der Waals surface area contributed by atoms with Gasteiger partial charge in [0.05, 0.1) is 6.20 Å². The van der Waals surface area contributed by atoms with Crippen LogP contribution in [0.5, 0.6) is 0 Å². The lowest BCUT2D eigenvalue weighted by Gasteiger charge is -1.98. The van der Waals surface area contributed by atoms with Crippen molar-refractivity contribution in [3.8, 4) is 0 Å². The first-order valence-electron chi connectivity index (χ1n) is 3.77. The van der Waals surface area contributed by atoms with Crippen molar-refractivity contribution in [1.82, 2.24) is 10.2 Å². The Bertz CT molecular complexity index is 337.